The van der Waals surface area contributed by atoms with Gasteiger partial charge in [-0.3, -0.25) is 4.79 Å². The lowest BCUT2D eigenvalue weighted by Crippen LogP contribution is -2.35. The van der Waals surface area contributed by atoms with E-state index in [4.69, 9.17) is 23.7 Å². The van der Waals surface area contributed by atoms with Crippen LogP contribution in [0.2, 0.25) is 0 Å². The first-order valence-corrected chi connectivity index (χ1v) is 27.3. The van der Waals surface area contributed by atoms with Crippen LogP contribution in [0, 0.1) is 12.8 Å². The number of nitrogens with one attached hydrogen (secondary N) is 1. The molecule has 8 aromatic rings. The molecule has 2 aliphatic rings. The summed E-state index contributed by atoms with van der Waals surface area (Å²) in [4.78, 5) is 13.8. The molecule has 8 aromatic carbocycles. The molecule has 0 bridgehead atoms. The van der Waals surface area contributed by atoms with Gasteiger partial charge in [-0.15, -0.1) is 0 Å². The van der Waals surface area contributed by atoms with Gasteiger partial charge in [0.05, 0.1) is 21.3 Å². The maximum Gasteiger partial charge on any atom is 0.255 e. The Labute approximate surface area is 449 Å². The molecule has 1 heterocycles. The van der Waals surface area contributed by atoms with Crippen molar-refractivity contribution in [3.8, 4) is 56.4 Å². The minimum atomic E-state index is -1.03. The highest BCUT2D eigenvalue weighted by molar-refractivity contribution is 6.11. The van der Waals surface area contributed by atoms with Gasteiger partial charge in [0.15, 0.2) is 5.60 Å². The van der Waals surface area contributed by atoms with Crippen molar-refractivity contribution in [2.75, 3.05) is 33.8 Å². The summed E-state index contributed by atoms with van der Waals surface area (Å²) in [5, 5.41) is 5.11. The second kappa shape index (κ2) is 22.3. The number of hydrogen-bond donors (Lipinski definition) is 1. The Morgan fingerprint density at radius 1 is 0.632 bits per heavy atom. The fourth-order valence-electron chi connectivity index (χ4n) is 12.1. The SMILES string of the molecule is CCCCCC(CCC)CCc1ccc(-c2ccc(C(=O)Nc3ccc(-c4cc5c6c(c7c(c5cc4OC)OC(c4ccc(OC)cc4)(c4ccc(OC)cc4)C=C7)C(CC)(OC)c4ccccc4-6)c(C)c3)cc2)cc1. The van der Waals surface area contributed by atoms with E-state index >= 15 is 0 Å². The van der Waals surface area contributed by atoms with E-state index in [1.165, 1.54) is 50.5 Å². The maximum atomic E-state index is 13.8. The summed E-state index contributed by atoms with van der Waals surface area (Å²) in [5.74, 6) is 3.59. The number of fused-ring (bicyclic) bond motifs is 8. The van der Waals surface area contributed by atoms with Gasteiger partial charge in [0.25, 0.3) is 5.91 Å². The number of amides is 1. The minimum absolute atomic E-state index is 0.163. The summed E-state index contributed by atoms with van der Waals surface area (Å²) in [6.45, 7) is 8.86. The molecule has 76 heavy (non-hydrogen) atoms. The summed E-state index contributed by atoms with van der Waals surface area (Å²) in [7, 11) is 6.89. The smallest absolute Gasteiger partial charge is 0.255 e. The summed E-state index contributed by atoms with van der Waals surface area (Å²) in [6, 6.07) is 52.1. The number of hydrogen-bond acceptors (Lipinski definition) is 6. The van der Waals surface area contributed by atoms with Gasteiger partial charge < -0.3 is 29.0 Å². The van der Waals surface area contributed by atoms with Crippen molar-refractivity contribution in [1.82, 2.24) is 0 Å². The van der Waals surface area contributed by atoms with E-state index in [9.17, 15) is 4.79 Å². The molecule has 0 aromatic heterocycles. The van der Waals surface area contributed by atoms with Crippen molar-refractivity contribution in [2.24, 2.45) is 5.92 Å². The lowest BCUT2D eigenvalue weighted by atomic mass is 9.79. The minimum Gasteiger partial charge on any atom is -0.497 e. The zero-order valence-electron chi connectivity index (χ0n) is 45.5. The van der Waals surface area contributed by atoms with Crippen LogP contribution in [0.25, 0.3) is 50.2 Å². The van der Waals surface area contributed by atoms with E-state index in [-0.39, 0.29) is 5.91 Å². The fraction of sp³-hybridized carbons (Fsp3) is 0.290. The standard InChI is InChI=1S/C69H71NO6/c1-9-12-13-17-46(16-10-2)20-21-47-22-24-48(25-23-47)49-26-28-50(29-27-49)67(71)70-53-34-39-56(45(4)42-53)59-43-60-61(44-63(59)74-7)66-58(65-64(60)57-18-14-15-19-62(57)68(65,11-3)75-8)40-41-69(76-66,51-30-35-54(72-5)36-31-51)52-32-37-55(73-6)38-33-52/h14-15,18-19,22-44,46H,9-13,16-17,20-21H2,1-8H3,(H,70,71). The van der Waals surface area contributed by atoms with Gasteiger partial charge in [0.1, 0.15) is 28.6 Å². The molecule has 2 atom stereocenters. The first kappa shape index (κ1) is 51.9. The number of methoxy groups -OCH3 is 4. The van der Waals surface area contributed by atoms with Crippen LogP contribution in [0.15, 0.2) is 158 Å². The third-order valence-corrected chi connectivity index (χ3v) is 16.2. The van der Waals surface area contributed by atoms with Gasteiger partial charge in [-0.25, -0.2) is 0 Å². The van der Waals surface area contributed by atoms with Gasteiger partial charge >= 0.3 is 0 Å². The van der Waals surface area contributed by atoms with E-state index in [2.05, 4.69) is 136 Å². The van der Waals surface area contributed by atoms with Crippen molar-refractivity contribution in [3.63, 3.8) is 0 Å². The second-order valence-electron chi connectivity index (χ2n) is 20.6. The molecular formula is C69H71NO6. The number of ether oxygens (including phenoxy) is 5. The van der Waals surface area contributed by atoms with Crippen molar-refractivity contribution < 1.29 is 28.5 Å². The van der Waals surface area contributed by atoms with E-state index in [0.717, 1.165) is 107 Å². The number of anilines is 1. The molecule has 1 aliphatic carbocycles. The molecule has 0 spiro atoms. The van der Waals surface area contributed by atoms with E-state index in [1.54, 1.807) is 21.3 Å². The van der Waals surface area contributed by atoms with Crippen LogP contribution in [0.5, 0.6) is 23.0 Å². The monoisotopic (exact) mass is 1010 g/mol. The maximum absolute atomic E-state index is 13.8. The molecule has 1 amide bonds. The summed E-state index contributed by atoms with van der Waals surface area (Å²) < 4.78 is 32.0. The summed E-state index contributed by atoms with van der Waals surface area (Å²) in [6.07, 6.45) is 15.3. The average Bonchev–Trinajstić information content (AvgIpc) is 3.78. The lowest BCUT2D eigenvalue weighted by Gasteiger charge is -2.39. The number of rotatable bonds is 20. The predicted molar refractivity (Wildman–Crippen MR) is 311 cm³/mol. The molecule has 7 heteroatoms. The topological polar surface area (TPSA) is 75.3 Å². The van der Waals surface area contributed by atoms with Crippen LogP contribution in [0.3, 0.4) is 0 Å². The van der Waals surface area contributed by atoms with E-state index < -0.39 is 11.2 Å². The number of aryl methyl sites for hydroxylation is 2. The van der Waals surface area contributed by atoms with Crippen LogP contribution in [0.1, 0.15) is 121 Å². The number of carbonyl (C=O) groups excluding carboxylic acids is 1. The fourth-order valence-corrected chi connectivity index (χ4v) is 12.1. The number of benzene rings is 8. The van der Waals surface area contributed by atoms with E-state index in [1.807, 2.05) is 67.8 Å². The predicted octanol–water partition coefficient (Wildman–Crippen LogP) is 17.3. The Morgan fingerprint density at radius 2 is 1.30 bits per heavy atom. The van der Waals surface area contributed by atoms with Gasteiger partial charge in [0, 0.05) is 51.6 Å². The molecule has 1 aliphatic heterocycles. The zero-order valence-corrected chi connectivity index (χ0v) is 45.5. The Bertz CT molecular complexity index is 3340. The highest BCUT2D eigenvalue weighted by atomic mass is 16.5. The largest absolute Gasteiger partial charge is 0.497 e. The quantitative estimate of drug-likeness (QED) is 0.0767. The first-order valence-electron chi connectivity index (χ1n) is 27.3. The van der Waals surface area contributed by atoms with Crippen LogP contribution in [0.4, 0.5) is 5.69 Å². The molecule has 1 N–H and O–H groups in total. The highest BCUT2D eigenvalue weighted by Gasteiger charge is 2.48. The zero-order chi connectivity index (χ0) is 53.0. The van der Waals surface area contributed by atoms with Crippen LogP contribution >= 0.6 is 0 Å². The van der Waals surface area contributed by atoms with Gasteiger partial charge in [-0.2, -0.15) is 0 Å². The van der Waals surface area contributed by atoms with Crippen molar-refractivity contribution in [1.29, 1.82) is 0 Å². The Kier molecular flexibility index (Phi) is 15.2. The lowest BCUT2D eigenvalue weighted by molar-refractivity contribution is 0.0219. The highest BCUT2D eigenvalue weighted by Crippen LogP contribution is 2.60. The average molecular weight is 1010 g/mol. The third kappa shape index (κ3) is 9.55. The number of carbonyl (C=O) groups is 1. The Balaban J connectivity index is 0.983. The molecule has 0 saturated heterocycles. The summed E-state index contributed by atoms with van der Waals surface area (Å²) >= 11 is 0. The molecule has 388 valence electrons. The van der Waals surface area contributed by atoms with Crippen LogP contribution in [-0.2, 0) is 22.4 Å². The third-order valence-electron chi connectivity index (χ3n) is 16.2. The Hall–Kier alpha value is -7.61. The van der Waals surface area contributed by atoms with Crippen LogP contribution < -0.4 is 24.3 Å². The second-order valence-corrected chi connectivity index (χ2v) is 20.6. The first-order chi connectivity index (χ1) is 37.1. The van der Waals surface area contributed by atoms with Gasteiger partial charge in [0.2, 0.25) is 0 Å². The molecule has 0 saturated carbocycles. The van der Waals surface area contributed by atoms with Gasteiger partial charge in [-0.05, 0) is 149 Å². The normalized spacial score (nSPS) is 15.3. The molecular weight excluding hydrogens is 939 g/mol. The molecule has 7 nitrogen and oxygen atoms in total. The molecule has 10 rings (SSSR count). The Morgan fingerprint density at radius 3 is 1.91 bits per heavy atom. The number of unbranched alkanes of at least 4 members (excludes halogenated alkanes) is 2. The summed E-state index contributed by atoms with van der Waals surface area (Å²) in [5.41, 5.74) is 13.3. The van der Waals surface area contributed by atoms with E-state index in [0.29, 0.717) is 23.4 Å². The van der Waals surface area contributed by atoms with Crippen molar-refractivity contribution in [3.05, 3.63) is 202 Å². The van der Waals surface area contributed by atoms with Crippen LogP contribution in [-0.4, -0.2) is 34.3 Å². The molecule has 2 unspecified atom stereocenters. The molecule has 0 radical (unpaired) electrons. The van der Waals surface area contributed by atoms with Crippen molar-refractivity contribution >= 4 is 28.4 Å². The van der Waals surface area contributed by atoms with Crippen molar-refractivity contribution in [2.45, 2.75) is 96.7 Å². The molecule has 0 fully saturated rings. The van der Waals surface area contributed by atoms with Gasteiger partial charge in [-0.1, -0.05) is 156 Å².